The number of amides is 3. The van der Waals surface area contributed by atoms with E-state index in [1.807, 2.05) is 0 Å². The first-order valence-electron chi connectivity index (χ1n) is 7.94. The van der Waals surface area contributed by atoms with Crippen molar-refractivity contribution >= 4 is 17.6 Å². The first-order valence-corrected chi connectivity index (χ1v) is 7.94. The molecule has 7 heteroatoms. The minimum Gasteiger partial charge on any atom is -0.349 e. The number of carbonyl (C=O) groups excluding carboxylic acids is 2. The van der Waals surface area contributed by atoms with E-state index < -0.39 is 11.7 Å². The molecular weight excluding hydrogens is 299 g/mol. The van der Waals surface area contributed by atoms with Crippen LogP contribution in [0.15, 0.2) is 18.2 Å². The normalized spacial score (nSPS) is 24.4. The molecule has 0 aliphatic carbocycles. The molecule has 6 nitrogen and oxygen atoms in total. The van der Waals surface area contributed by atoms with Crippen LogP contribution in [-0.2, 0) is 0 Å². The van der Waals surface area contributed by atoms with Crippen LogP contribution in [-0.4, -0.2) is 43.7 Å². The molecule has 3 N–H and O–H groups in total. The highest BCUT2D eigenvalue weighted by atomic mass is 19.1. The summed E-state index contributed by atoms with van der Waals surface area (Å²) < 4.78 is 14.0. The second kappa shape index (κ2) is 6.54. The van der Waals surface area contributed by atoms with Gasteiger partial charge in [-0.3, -0.25) is 9.69 Å². The Bertz CT molecular complexity index is 622. The fraction of sp³-hybridized carbons (Fsp3) is 0.500. The van der Waals surface area contributed by atoms with Gasteiger partial charge in [-0.05, 0) is 44.5 Å². The number of urea groups is 1. The van der Waals surface area contributed by atoms with Gasteiger partial charge in [0, 0.05) is 30.9 Å². The number of benzene rings is 1. The Morgan fingerprint density at radius 1 is 1.39 bits per heavy atom. The monoisotopic (exact) mass is 320 g/mol. The van der Waals surface area contributed by atoms with Crippen LogP contribution in [0.4, 0.5) is 14.9 Å². The highest BCUT2D eigenvalue weighted by molar-refractivity contribution is 5.98. The maximum absolute atomic E-state index is 14.0. The van der Waals surface area contributed by atoms with Crippen molar-refractivity contribution in [3.63, 3.8) is 0 Å². The molecule has 1 aromatic rings. The van der Waals surface area contributed by atoms with Crippen molar-refractivity contribution in [1.82, 2.24) is 16.0 Å². The molecule has 3 amide bonds. The van der Waals surface area contributed by atoms with Crippen molar-refractivity contribution in [3.05, 3.63) is 29.6 Å². The summed E-state index contributed by atoms with van der Waals surface area (Å²) in [5.41, 5.74) is 0.513. The molecule has 0 bridgehead atoms. The van der Waals surface area contributed by atoms with E-state index >= 15 is 0 Å². The lowest BCUT2D eigenvalue weighted by Gasteiger charge is -2.28. The van der Waals surface area contributed by atoms with Crippen molar-refractivity contribution in [2.45, 2.75) is 31.8 Å². The third kappa shape index (κ3) is 3.44. The number of nitrogens with one attached hydrogen (secondary N) is 3. The zero-order chi connectivity index (χ0) is 16.4. The summed E-state index contributed by atoms with van der Waals surface area (Å²) >= 11 is 0. The molecular formula is C16H21FN4O2. The van der Waals surface area contributed by atoms with E-state index in [1.54, 1.807) is 0 Å². The quantitative estimate of drug-likeness (QED) is 0.784. The number of halogens is 1. The molecule has 2 aliphatic heterocycles. The third-order valence-electron chi connectivity index (χ3n) is 4.32. The number of rotatable bonds is 3. The predicted molar refractivity (Wildman–Crippen MR) is 85.1 cm³/mol. The van der Waals surface area contributed by atoms with Gasteiger partial charge in [0.15, 0.2) is 0 Å². The van der Waals surface area contributed by atoms with Crippen LogP contribution in [0.1, 0.15) is 30.1 Å². The highest BCUT2D eigenvalue weighted by Crippen LogP contribution is 2.21. The van der Waals surface area contributed by atoms with Crippen LogP contribution < -0.4 is 20.9 Å². The average molecular weight is 320 g/mol. The van der Waals surface area contributed by atoms with Gasteiger partial charge in [-0.1, -0.05) is 0 Å². The minimum atomic E-state index is -0.576. The van der Waals surface area contributed by atoms with Crippen LogP contribution >= 0.6 is 0 Å². The van der Waals surface area contributed by atoms with Crippen LogP contribution in [0.2, 0.25) is 0 Å². The molecule has 0 radical (unpaired) electrons. The van der Waals surface area contributed by atoms with Crippen molar-refractivity contribution in [1.29, 1.82) is 0 Å². The van der Waals surface area contributed by atoms with Gasteiger partial charge in [0.2, 0.25) is 0 Å². The van der Waals surface area contributed by atoms with Crippen LogP contribution in [0.25, 0.3) is 0 Å². The van der Waals surface area contributed by atoms with Gasteiger partial charge in [-0.2, -0.15) is 0 Å². The molecule has 124 valence electrons. The summed E-state index contributed by atoms with van der Waals surface area (Å²) in [5, 5.41) is 8.90. The SMILES string of the molecule is CC1CC(NC(=O)c2cc(N3CCNC3=O)ccc2F)CCN1. The molecule has 3 rings (SSSR count). The minimum absolute atomic E-state index is 0.0200. The average Bonchev–Trinajstić information content (AvgIpc) is 2.94. The second-order valence-corrected chi connectivity index (χ2v) is 6.10. The molecule has 1 aromatic carbocycles. The van der Waals surface area contributed by atoms with Crippen LogP contribution in [0, 0.1) is 5.82 Å². The van der Waals surface area contributed by atoms with Gasteiger partial charge in [-0.15, -0.1) is 0 Å². The zero-order valence-corrected chi connectivity index (χ0v) is 13.1. The fourth-order valence-electron chi connectivity index (χ4n) is 3.10. The topological polar surface area (TPSA) is 73.5 Å². The van der Waals surface area contributed by atoms with E-state index in [1.165, 1.54) is 23.1 Å². The lowest BCUT2D eigenvalue weighted by atomic mass is 10.00. The summed E-state index contributed by atoms with van der Waals surface area (Å²) in [6, 6.07) is 4.34. The largest absolute Gasteiger partial charge is 0.349 e. The van der Waals surface area contributed by atoms with Crippen LogP contribution in [0.5, 0.6) is 0 Å². The third-order valence-corrected chi connectivity index (χ3v) is 4.32. The summed E-state index contributed by atoms with van der Waals surface area (Å²) in [6.45, 7) is 3.95. The molecule has 23 heavy (non-hydrogen) atoms. The van der Waals surface area contributed by atoms with Gasteiger partial charge in [0.05, 0.1) is 5.56 Å². The van der Waals surface area contributed by atoms with Crippen molar-refractivity contribution in [2.75, 3.05) is 24.5 Å². The Labute approximate surface area is 134 Å². The lowest BCUT2D eigenvalue weighted by Crippen LogP contribution is -2.46. The maximum Gasteiger partial charge on any atom is 0.321 e. The Morgan fingerprint density at radius 2 is 2.22 bits per heavy atom. The van der Waals surface area contributed by atoms with Crippen molar-refractivity contribution in [2.24, 2.45) is 0 Å². The molecule has 2 atom stereocenters. The number of carbonyl (C=O) groups is 2. The van der Waals surface area contributed by atoms with E-state index in [0.717, 1.165) is 19.4 Å². The lowest BCUT2D eigenvalue weighted by molar-refractivity contribution is 0.0921. The van der Waals surface area contributed by atoms with Gasteiger partial charge in [0.1, 0.15) is 5.82 Å². The van der Waals surface area contributed by atoms with Crippen LogP contribution in [0.3, 0.4) is 0 Å². The molecule has 0 aromatic heterocycles. The molecule has 2 saturated heterocycles. The molecule has 2 fully saturated rings. The number of piperidine rings is 1. The van der Waals surface area contributed by atoms with Crippen molar-refractivity contribution in [3.8, 4) is 0 Å². The van der Waals surface area contributed by atoms with E-state index in [0.29, 0.717) is 24.8 Å². The van der Waals surface area contributed by atoms with Gasteiger partial charge < -0.3 is 16.0 Å². The van der Waals surface area contributed by atoms with E-state index in [4.69, 9.17) is 0 Å². The standard InChI is InChI=1S/C16H21FN4O2/c1-10-8-11(4-5-18-10)20-15(22)13-9-12(2-3-14(13)17)21-7-6-19-16(21)23/h2-3,9-11,18H,4-8H2,1H3,(H,19,23)(H,20,22). The van der Waals surface area contributed by atoms with E-state index in [-0.39, 0.29) is 17.6 Å². The molecule has 0 spiro atoms. The molecule has 2 aliphatic rings. The first-order chi connectivity index (χ1) is 11.0. The molecule has 0 saturated carbocycles. The summed E-state index contributed by atoms with van der Waals surface area (Å²) in [4.78, 5) is 25.6. The Kier molecular flexibility index (Phi) is 4.47. The first kappa shape index (κ1) is 15.7. The van der Waals surface area contributed by atoms with E-state index in [9.17, 15) is 14.0 Å². The van der Waals surface area contributed by atoms with E-state index in [2.05, 4.69) is 22.9 Å². The Balaban J connectivity index is 1.75. The number of nitrogens with zero attached hydrogens (tertiary/aromatic N) is 1. The number of anilines is 1. The summed E-state index contributed by atoms with van der Waals surface area (Å²) in [5.74, 6) is -1.00. The van der Waals surface area contributed by atoms with Crippen molar-refractivity contribution < 1.29 is 14.0 Å². The summed E-state index contributed by atoms with van der Waals surface area (Å²) in [7, 11) is 0. The Hall–Kier alpha value is -2.15. The smallest absolute Gasteiger partial charge is 0.321 e. The number of hydrogen-bond acceptors (Lipinski definition) is 3. The zero-order valence-electron chi connectivity index (χ0n) is 13.1. The van der Waals surface area contributed by atoms with Gasteiger partial charge in [-0.25, -0.2) is 9.18 Å². The predicted octanol–water partition coefficient (Wildman–Crippen LogP) is 1.23. The van der Waals surface area contributed by atoms with Gasteiger partial charge in [0.25, 0.3) is 5.91 Å². The second-order valence-electron chi connectivity index (χ2n) is 6.10. The fourth-order valence-corrected chi connectivity index (χ4v) is 3.10. The summed E-state index contributed by atoms with van der Waals surface area (Å²) in [6.07, 6.45) is 1.65. The molecule has 2 heterocycles. The number of hydrogen-bond donors (Lipinski definition) is 3. The molecule has 2 unspecified atom stereocenters. The van der Waals surface area contributed by atoms with Gasteiger partial charge >= 0.3 is 6.03 Å². The maximum atomic E-state index is 14.0. The Morgan fingerprint density at radius 3 is 2.91 bits per heavy atom. The highest BCUT2D eigenvalue weighted by Gasteiger charge is 2.25.